The number of halogens is 3. The largest absolute Gasteiger partial charge is 0.416 e. The number of nitrogens with one attached hydrogen (secondary N) is 1. The molecule has 128 valence electrons. The van der Waals surface area contributed by atoms with E-state index in [1.807, 2.05) is 0 Å². The number of alkyl halides is 3. The predicted molar refractivity (Wildman–Crippen MR) is 82.8 cm³/mol. The van der Waals surface area contributed by atoms with Gasteiger partial charge in [0.15, 0.2) is 0 Å². The van der Waals surface area contributed by atoms with Gasteiger partial charge >= 0.3 is 6.18 Å². The first-order chi connectivity index (χ1) is 11.4. The molecule has 3 rings (SSSR count). The third-order valence-corrected chi connectivity index (χ3v) is 5.13. The molecule has 2 N–H and O–H groups in total. The summed E-state index contributed by atoms with van der Waals surface area (Å²) in [5, 5.41) is 8.69. The summed E-state index contributed by atoms with van der Waals surface area (Å²) in [6, 6.07) is 6.97. The molecule has 4 nitrogen and oxygen atoms in total. The average Bonchev–Trinajstić information content (AvgIpc) is 2.97. The summed E-state index contributed by atoms with van der Waals surface area (Å²) in [7, 11) is 0. The Morgan fingerprint density at radius 3 is 2.62 bits per heavy atom. The maximum atomic E-state index is 12.6. The van der Waals surface area contributed by atoms with Crippen molar-refractivity contribution in [1.82, 2.24) is 10.4 Å². The molecule has 0 fully saturated rings. The predicted octanol–water partition coefficient (Wildman–Crippen LogP) is 3.44. The quantitative estimate of drug-likeness (QED) is 0.654. The Morgan fingerprint density at radius 2 is 2.00 bits per heavy atom. The molecule has 1 aromatic carbocycles. The van der Waals surface area contributed by atoms with Gasteiger partial charge in [-0.1, -0.05) is 12.1 Å². The number of nitrogens with zero attached hydrogens (tertiary/aromatic N) is 1. The lowest BCUT2D eigenvalue weighted by Crippen LogP contribution is -2.29. The number of rotatable bonds is 3. The molecule has 24 heavy (non-hydrogen) atoms. The maximum Gasteiger partial charge on any atom is 0.416 e. The van der Waals surface area contributed by atoms with Crippen LogP contribution in [0.5, 0.6) is 0 Å². The molecule has 0 atom stereocenters. The van der Waals surface area contributed by atoms with Crippen LogP contribution in [0.2, 0.25) is 0 Å². The summed E-state index contributed by atoms with van der Waals surface area (Å²) < 4.78 is 37.7. The molecule has 2 heterocycles. The molecular formula is C16H15F3N2O2S. The molecule has 8 heteroatoms. The van der Waals surface area contributed by atoms with Crippen molar-refractivity contribution in [2.75, 3.05) is 6.54 Å². The minimum atomic E-state index is -4.32. The zero-order valence-corrected chi connectivity index (χ0v) is 13.4. The Bertz CT molecular complexity index is 741. The van der Waals surface area contributed by atoms with Gasteiger partial charge in [-0.2, -0.15) is 13.2 Å². The summed E-state index contributed by atoms with van der Waals surface area (Å²) in [6.07, 6.45) is -3.55. The maximum absolute atomic E-state index is 12.6. The van der Waals surface area contributed by atoms with Gasteiger partial charge in [-0.05, 0) is 35.7 Å². The summed E-state index contributed by atoms with van der Waals surface area (Å²) in [5.41, 5.74) is 2.88. The number of thiophene rings is 1. The molecule has 0 saturated heterocycles. The van der Waals surface area contributed by atoms with E-state index in [2.05, 4.69) is 4.90 Å². The fraction of sp³-hybridized carbons (Fsp3) is 0.312. The standard InChI is InChI=1S/C16H15F3N2O2S/c17-16(18,19)12-3-1-10(2-4-12)8-21-6-5-11-7-13(15(22)20-23)24-14(11)9-21/h1-4,7,23H,5-6,8-9H2,(H,20,22). The number of fused-ring (bicyclic) bond motifs is 1. The second-order valence-corrected chi connectivity index (χ2v) is 6.79. The summed E-state index contributed by atoms with van der Waals surface area (Å²) in [4.78, 5) is 15.1. The number of amides is 1. The molecule has 1 aromatic heterocycles. The van der Waals surface area contributed by atoms with Crippen LogP contribution in [0.1, 0.15) is 31.2 Å². The Balaban J connectivity index is 1.67. The van der Waals surface area contributed by atoms with E-state index in [9.17, 15) is 18.0 Å². The highest BCUT2D eigenvalue weighted by atomic mass is 32.1. The van der Waals surface area contributed by atoms with Crippen LogP contribution < -0.4 is 5.48 Å². The van der Waals surface area contributed by atoms with E-state index in [0.717, 1.165) is 41.1 Å². The van der Waals surface area contributed by atoms with E-state index in [0.29, 0.717) is 18.0 Å². The van der Waals surface area contributed by atoms with Crippen LogP contribution in [0.25, 0.3) is 0 Å². The zero-order chi connectivity index (χ0) is 17.3. The third-order valence-electron chi connectivity index (χ3n) is 3.97. The van der Waals surface area contributed by atoms with Gasteiger partial charge in [-0.15, -0.1) is 11.3 Å². The second kappa shape index (κ2) is 6.54. The van der Waals surface area contributed by atoms with E-state index < -0.39 is 17.6 Å². The van der Waals surface area contributed by atoms with Crippen LogP contribution in [0, 0.1) is 0 Å². The molecule has 0 saturated carbocycles. The van der Waals surface area contributed by atoms with Crippen molar-refractivity contribution in [2.24, 2.45) is 0 Å². The Hall–Kier alpha value is -1.90. The SMILES string of the molecule is O=C(NO)c1cc2c(s1)CN(Cc1ccc(C(F)(F)F)cc1)CC2. The smallest absolute Gasteiger partial charge is 0.294 e. The van der Waals surface area contributed by atoms with Gasteiger partial charge in [-0.3, -0.25) is 14.9 Å². The summed E-state index contributed by atoms with van der Waals surface area (Å²) >= 11 is 1.33. The normalized spacial score (nSPS) is 15.2. The Kier molecular flexibility index (Phi) is 4.62. The topological polar surface area (TPSA) is 52.6 Å². The van der Waals surface area contributed by atoms with Crippen molar-refractivity contribution in [2.45, 2.75) is 25.7 Å². The number of benzene rings is 1. The van der Waals surface area contributed by atoms with E-state index >= 15 is 0 Å². The first kappa shape index (κ1) is 16.9. The van der Waals surface area contributed by atoms with Gasteiger partial charge in [-0.25, -0.2) is 5.48 Å². The number of carbonyl (C=O) groups excluding carboxylic acids is 1. The first-order valence-electron chi connectivity index (χ1n) is 7.31. The van der Waals surface area contributed by atoms with Gasteiger partial charge in [0.05, 0.1) is 10.4 Å². The van der Waals surface area contributed by atoms with Gasteiger partial charge in [0.1, 0.15) is 0 Å². The Labute approximate surface area is 140 Å². The molecule has 0 radical (unpaired) electrons. The van der Waals surface area contributed by atoms with Crippen LogP contribution in [0.4, 0.5) is 13.2 Å². The van der Waals surface area contributed by atoms with Crippen LogP contribution in [0.15, 0.2) is 30.3 Å². The monoisotopic (exact) mass is 356 g/mol. The highest BCUT2D eigenvalue weighted by molar-refractivity contribution is 7.14. The molecule has 0 aliphatic carbocycles. The minimum Gasteiger partial charge on any atom is -0.294 e. The molecule has 0 spiro atoms. The van der Waals surface area contributed by atoms with E-state index in [4.69, 9.17) is 5.21 Å². The minimum absolute atomic E-state index is 0.457. The van der Waals surface area contributed by atoms with E-state index in [1.165, 1.54) is 23.5 Å². The highest BCUT2D eigenvalue weighted by Gasteiger charge is 2.30. The van der Waals surface area contributed by atoms with Crippen LogP contribution in [-0.2, 0) is 25.7 Å². The van der Waals surface area contributed by atoms with E-state index in [-0.39, 0.29) is 0 Å². The Morgan fingerprint density at radius 1 is 1.29 bits per heavy atom. The number of hydroxylamine groups is 1. The molecule has 0 unspecified atom stereocenters. The summed E-state index contributed by atoms with van der Waals surface area (Å²) in [5.74, 6) is -0.524. The molecule has 1 amide bonds. The molecule has 1 aliphatic heterocycles. The lowest BCUT2D eigenvalue weighted by atomic mass is 10.1. The van der Waals surface area contributed by atoms with E-state index in [1.54, 1.807) is 11.5 Å². The fourth-order valence-electron chi connectivity index (χ4n) is 2.73. The van der Waals surface area contributed by atoms with Gasteiger partial charge in [0, 0.05) is 24.5 Å². The number of carbonyl (C=O) groups is 1. The van der Waals surface area contributed by atoms with Crippen molar-refractivity contribution >= 4 is 17.2 Å². The average molecular weight is 356 g/mol. The van der Waals surface area contributed by atoms with Crippen molar-refractivity contribution in [1.29, 1.82) is 0 Å². The van der Waals surface area contributed by atoms with Gasteiger partial charge in [0.2, 0.25) is 0 Å². The molecule has 0 bridgehead atoms. The number of hydrogen-bond donors (Lipinski definition) is 2. The molecule has 2 aromatic rings. The van der Waals surface area contributed by atoms with Gasteiger partial charge in [0.25, 0.3) is 5.91 Å². The van der Waals surface area contributed by atoms with Crippen LogP contribution in [0.3, 0.4) is 0 Å². The van der Waals surface area contributed by atoms with Crippen molar-refractivity contribution in [3.05, 3.63) is 56.8 Å². The molecular weight excluding hydrogens is 341 g/mol. The third kappa shape index (κ3) is 3.61. The fourth-order valence-corrected chi connectivity index (χ4v) is 3.88. The van der Waals surface area contributed by atoms with Crippen molar-refractivity contribution in [3.63, 3.8) is 0 Å². The lowest BCUT2D eigenvalue weighted by molar-refractivity contribution is -0.137. The lowest BCUT2D eigenvalue weighted by Gasteiger charge is -2.26. The van der Waals surface area contributed by atoms with Crippen LogP contribution >= 0.6 is 11.3 Å². The first-order valence-corrected chi connectivity index (χ1v) is 8.13. The van der Waals surface area contributed by atoms with Crippen molar-refractivity contribution < 1.29 is 23.2 Å². The second-order valence-electron chi connectivity index (χ2n) is 5.66. The molecule has 1 aliphatic rings. The highest BCUT2D eigenvalue weighted by Crippen LogP contribution is 2.31. The van der Waals surface area contributed by atoms with Crippen LogP contribution in [-0.4, -0.2) is 22.6 Å². The van der Waals surface area contributed by atoms with Crippen molar-refractivity contribution in [3.8, 4) is 0 Å². The zero-order valence-electron chi connectivity index (χ0n) is 12.6. The van der Waals surface area contributed by atoms with Gasteiger partial charge < -0.3 is 0 Å². The number of hydrogen-bond acceptors (Lipinski definition) is 4. The summed E-state index contributed by atoms with van der Waals surface area (Å²) in [6.45, 7) is 1.96.